The molecule has 44 heavy (non-hydrogen) atoms. The molecule has 3 aromatic carbocycles. The average Bonchev–Trinajstić information content (AvgIpc) is 3.45. The highest BCUT2D eigenvalue weighted by Gasteiger charge is 2.44. The van der Waals surface area contributed by atoms with Crippen LogP contribution in [0.4, 0.5) is 0 Å². The van der Waals surface area contributed by atoms with Crippen LogP contribution in [-0.2, 0) is 31.3 Å². The molecule has 2 fully saturated rings. The van der Waals surface area contributed by atoms with Gasteiger partial charge in [0, 0.05) is 38.3 Å². The fourth-order valence-corrected chi connectivity index (χ4v) is 7.93. The molecular weight excluding hydrogens is 604 g/mol. The topological polar surface area (TPSA) is 160 Å². The van der Waals surface area contributed by atoms with Gasteiger partial charge in [-0.2, -0.15) is 4.31 Å². The Hall–Kier alpha value is -2.88. The Morgan fingerprint density at radius 3 is 2.41 bits per heavy atom. The van der Waals surface area contributed by atoms with Crippen LogP contribution in [0.25, 0.3) is 11.1 Å². The summed E-state index contributed by atoms with van der Waals surface area (Å²) in [5.74, 6) is 0.345. The lowest BCUT2D eigenvalue weighted by molar-refractivity contribution is -0.0312. The predicted octanol–water partition coefficient (Wildman–Crippen LogP) is 2.06. The van der Waals surface area contributed by atoms with Crippen molar-refractivity contribution in [1.29, 1.82) is 0 Å². The quantitative estimate of drug-likeness (QED) is 0.231. The third-order valence-electron chi connectivity index (χ3n) is 8.31. The van der Waals surface area contributed by atoms with Gasteiger partial charge in [0.15, 0.2) is 0 Å². The molecule has 0 bridgehead atoms. The standard InChI is InChI=1S/C31H40N4O7S2/c1-33-43(37,38)29-6-3-5-28(17-29)41-22-27(36)20-34-26-18-31(42-21-26)12-14-35(15-13-31)44(39,40)30-7-2-4-25(16-30)24-10-8-23(19-32)9-11-24/h2-11,16-17,26-27,33-34,36H,12-15,18-22,32H2,1H3/t26?,27-/m0/s1. The van der Waals surface area contributed by atoms with Crippen molar-refractivity contribution in [1.82, 2.24) is 14.3 Å². The van der Waals surface area contributed by atoms with Crippen molar-refractivity contribution in [2.24, 2.45) is 5.73 Å². The molecule has 2 aliphatic heterocycles. The van der Waals surface area contributed by atoms with E-state index in [9.17, 15) is 21.9 Å². The molecule has 1 spiro atoms. The van der Waals surface area contributed by atoms with Crippen molar-refractivity contribution in [3.8, 4) is 16.9 Å². The maximum atomic E-state index is 13.5. The largest absolute Gasteiger partial charge is 0.491 e. The Morgan fingerprint density at radius 1 is 1.00 bits per heavy atom. The number of hydrogen-bond donors (Lipinski definition) is 4. The zero-order valence-electron chi connectivity index (χ0n) is 24.7. The number of aliphatic hydroxyl groups is 1. The van der Waals surface area contributed by atoms with Crippen LogP contribution in [-0.4, -0.2) is 83.9 Å². The molecule has 1 unspecified atom stereocenters. The number of aliphatic hydroxyl groups excluding tert-OH is 1. The van der Waals surface area contributed by atoms with Gasteiger partial charge < -0.3 is 25.6 Å². The Morgan fingerprint density at radius 2 is 1.70 bits per heavy atom. The molecule has 5 rings (SSSR count). The molecule has 0 amide bonds. The molecule has 0 aromatic heterocycles. The molecule has 3 aromatic rings. The summed E-state index contributed by atoms with van der Waals surface area (Å²) in [5.41, 5.74) is 8.07. The van der Waals surface area contributed by atoms with Gasteiger partial charge in [-0.1, -0.05) is 42.5 Å². The summed E-state index contributed by atoms with van der Waals surface area (Å²) >= 11 is 0. The lowest BCUT2D eigenvalue weighted by atomic mass is 9.88. The third-order valence-corrected chi connectivity index (χ3v) is 11.6. The molecule has 2 aliphatic rings. The number of nitrogens with zero attached hydrogens (tertiary/aromatic N) is 1. The van der Waals surface area contributed by atoms with E-state index >= 15 is 0 Å². The molecule has 2 saturated heterocycles. The van der Waals surface area contributed by atoms with Crippen molar-refractivity contribution < 1.29 is 31.4 Å². The van der Waals surface area contributed by atoms with Gasteiger partial charge >= 0.3 is 0 Å². The minimum absolute atomic E-state index is 0.0121. The molecular formula is C31H40N4O7S2. The van der Waals surface area contributed by atoms with Crippen molar-refractivity contribution in [2.75, 3.05) is 39.9 Å². The molecule has 5 N–H and O–H groups in total. The first-order valence-electron chi connectivity index (χ1n) is 14.6. The number of hydrogen-bond acceptors (Lipinski definition) is 9. The first-order chi connectivity index (χ1) is 21.0. The van der Waals surface area contributed by atoms with Crippen LogP contribution in [0.15, 0.2) is 82.6 Å². The molecule has 0 saturated carbocycles. The second-order valence-electron chi connectivity index (χ2n) is 11.3. The number of sulfonamides is 2. The van der Waals surface area contributed by atoms with Crippen molar-refractivity contribution in [3.63, 3.8) is 0 Å². The van der Waals surface area contributed by atoms with Crippen LogP contribution in [0.5, 0.6) is 5.75 Å². The average molecular weight is 645 g/mol. The highest BCUT2D eigenvalue weighted by Crippen LogP contribution is 2.37. The van der Waals surface area contributed by atoms with Gasteiger partial charge in [-0.3, -0.25) is 0 Å². The summed E-state index contributed by atoms with van der Waals surface area (Å²) < 4.78 is 66.7. The summed E-state index contributed by atoms with van der Waals surface area (Å²) in [4.78, 5) is 0.354. The lowest BCUT2D eigenvalue weighted by Gasteiger charge is -2.38. The number of ether oxygens (including phenoxy) is 2. The Kier molecular flexibility index (Phi) is 10.1. The number of piperidine rings is 1. The SMILES string of the molecule is CNS(=O)(=O)c1cccc(OC[C@@H](O)CNC2COC3(CCN(S(=O)(=O)c4cccc(-c5ccc(CN)cc5)c4)CC3)C2)c1. The summed E-state index contributed by atoms with van der Waals surface area (Å²) in [5, 5.41) is 13.8. The normalized spacial score (nSPS) is 19.7. The second-order valence-corrected chi connectivity index (χ2v) is 15.1. The van der Waals surface area contributed by atoms with E-state index in [-0.39, 0.29) is 29.0 Å². The summed E-state index contributed by atoms with van der Waals surface area (Å²) in [6, 6.07) is 20.9. The van der Waals surface area contributed by atoms with E-state index in [1.165, 1.54) is 23.5 Å². The van der Waals surface area contributed by atoms with Gasteiger partial charge in [-0.25, -0.2) is 21.6 Å². The van der Waals surface area contributed by atoms with E-state index in [1.54, 1.807) is 30.3 Å². The predicted molar refractivity (Wildman–Crippen MR) is 167 cm³/mol. The fraction of sp³-hybridized carbons (Fsp3) is 0.419. The maximum Gasteiger partial charge on any atom is 0.243 e. The summed E-state index contributed by atoms with van der Waals surface area (Å²) in [6.45, 7) is 1.90. The van der Waals surface area contributed by atoms with Crippen LogP contribution < -0.4 is 20.5 Å². The molecule has 2 atom stereocenters. The van der Waals surface area contributed by atoms with Crippen molar-refractivity contribution in [2.45, 2.75) is 53.3 Å². The molecule has 11 nitrogen and oxygen atoms in total. The number of nitrogens with two attached hydrogens (primary N) is 1. The van der Waals surface area contributed by atoms with E-state index in [2.05, 4.69) is 10.0 Å². The molecule has 2 heterocycles. The third kappa shape index (κ3) is 7.49. The van der Waals surface area contributed by atoms with Gasteiger partial charge in [-0.05, 0) is 67.3 Å². The van der Waals surface area contributed by atoms with Gasteiger partial charge in [0.1, 0.15) is 18.5 Å². The van der Waals surface area contributed by atoms with Crippen LogP contribution in [0, 0.1) is 0 Å². The minimum Gasteiger partial charge on any atom is -0.491 e. The van der Waals surface area contributed by atoms with E-state index in [0.29, 0.717) is 51.3 Å². The van der Waals surface area contributed by atoms with Crippen molar-refractivity contribution >= 4 is 20.0 Å². The number of rotatable bonds is 12. The van der Waals surface area contributed by atoms with E-state index < -0.39 is 31.8 Å². The Balaban J connectivity index is 1.10. The highest BCUT2D eigenvalue weighted by molar-refractivity contribution is 7.89. The van der Waals surface area contributed by atoms with E-state index in [1.807, 2.05) is 30.3 Å². The van der Waals surface area contributed by atoms with Gasteiger partial charge in [0.2, 0.25) is 20.0 Å². The molecule has 13 heteroatoms. The van der Waals surface area contributed by atoms with Gasteiger partial charge in [0.05, 0.1) is 22.0 Å². The van der Waals surface area contributed by atoms with E-state index in [0.717, 1.165) is 16.7 Å². The minimum atomic E-state index is -3.67. The highest BCUT2D eigenvalue weighted by atomic mass is 32.2. The van der Waals surface area contributed by atoms with Crippen molar-refractivity contribution in [3.05, 3.63) is 78.4 Å². The van der Waals surface area contributed by atoms with Gasteiger partial charge in [-0.15, -0.1) is 0 Å². The molecule has 0 radical (unpaired) electrons. The molecule has 0 aliphatic carbocycles. The van der Waals surface area contributed by atoms with Crippen LogP contribution >= 0.6 is 0 Å². The Bertz CT molecular complexity index is 1640. The smallest absolute Gasteiger partial charge is 0.243 e. The first-order valence-corrected chi connectivity index (χ1v) is 17.6. The second kappa shape index (κ2) is 13.6. The van der Waals surface area contributed by atoms with Crippen LogP contribution in [0.3, 0.4) is 0 Å². The zero-order chi connectivity index (χ0) is 31.4. The number of benzene rings is 3. The molecule has 238 valence electrons. The van der Waals surface area contributed by atoms with Gasteiger partial charge in [0.25, 0.3) is 0 Å². The fourth-order valence-electron chi connectivity index (χ4n) is 5.68. The monoisotopic (exact) mass is 644 g/mol. The summed E-state index contributed by atoms with van der Waals surface area (Å²) in [6.07, 6.45) is 1.06. The first kappa shape index (κ1) is 32.5. The lowest BCUT2D eigenvalue weighted by Crippen LogP contribution is -2.47. The maximum absolute atomic E-state index is 13.5. The zero-order valence-corrected chi connectivity index (χ0v) is 26.3. The number of nitrogens with one attached hydrogen (secondary N) is 2. The summed E-state index contributed by atoms with van der Waals surface area (Å²) in [7, 11) is -5.92. The Labute approximate surface area is 259 Å². The van der Waals surface area contributed by atoms with Crippen LogP contribution in [0.1, 0.15) is 24.8 Å². The van der Waals surface area contributed by atoms with Crippen LogP contribution in [0.2, 0.25) is 0 Å². The van der Waals surface area contributed by atoms with E-state index in [4.69, 9.17) is 15.2 Å².